The molecule has 0 radical (unpaired) electrons. The smallest absolute Gasteiger partial charge is 0.270 e. The molecule has 2 aromatic carbocycles. The average molecular weight is 383 g/mol. The van der Waals surface area contributed by atoms with E-state index in [4.69, 9.17) is 9.47 Å². The van der Waals surface area contributed by atoms with Gasteiger partial charge in [0.1, 0.15) is 0 Å². The molecule has 1 saturated heterocycles. The number of hydrogen-bond acceptors (Lipinski definition) is 6. The van der Waals surface area contributed by atoms with Crippen molar-refractivity contribution in [2.24, 2.45) is 0 Å². The van der Waals surface area contributed by atoms with Gasteiger partial charge in [0.2, 0.25) is 6.79 Å². The zero-order valence-corrected chi connectivity index (χ0v) is 15.6. The van der Waals surface area contributed by atoms with Crippen molar-refractivity contribution in [3.63, 3.8) is 0 Å². The van der Waals surface area contributed by atoms with Gasteiger partial charge in [0.15, 0.2) is 11.5 Å². The third-order valence-corrected chi connectivity index (χ3v) is 5.07. The predicted molar refractivity (Wildman–Crippen MR) is 103 cm³/mol. The van der Waals surface area contributed by atoms with Crippen molar-refractivity contribution in [2.75, 3.05) is 31.8 Å². The Hall–Kier alpha value is -3.29. The van der Waals surface area contributed by atoms with Gasteiger partial charge in [-0.15, -0.1) is 0 Å². The van der Waals surface area contributed by atoms with Crippen molar-refractivity contribution in [3.8, 4) is 11.5 Å². The molecule has 0 spiro atoms. The highest BCUT2D eigenvalue weighted by Crippen LogP contribution is 2.33. The van der Waals surface area contributed by atoms with Gasteiger partial charge in [0.05, 0.1) is 16.2 Å². The number of carbonyl (C=O) groups excluding carboxylic acids is 1. The van der Waals surface area contributed by atoms with E-state index < -0.39 is 4.92 Å². The summed E-state index contributed by atoms with van der Waals surface area (Å²) >= 11 is 0. The Morgan fingerprint density at radius 2 is 1.89 bits per heavy atom. The second kappa shape index (κ2) is 7.38. The molecule has 4 rings (SSSR count). The van der Waals surface area contributed by atoms with Crippen LogP contribution in [0.25, 0.3) is 0 Å². The fourth-order valence-corrected chi connectivity index (χ4v) is 3.63. The van der Waals surface area contributed by atoms with Gasteiger partial charge in [0.25, 0.3) is 11.6 Å². The topological polar surface area (TPSA) is 85.1 Å². The van der Waals surface area contributed by atoms with Crippen LogP contribution in [0.5, 0.6) is 11.5 Å². The van der Waals surface area contributed by atoms with Crippen LogP contribution in [0, 0.1) is 10.1 Å². The first-order valence-corrected chi connectivity index (χ1v) is 9.20. The van der Waals surface area contributed by atoms with Crippen LogP contribution in [-0.2, 0) is 6.54 Å². The summed E-state index contributed by atoms with van der Waals surface area (Å²) in [4.78, 5) is 27.6. The molecule has 2 aliphatic heterocycles. The van der Waals surface area contributed by atoms with Crippen LogP contribution < -0.4 is 14.4 Å². The zero-order chi connectivity index (χ0) is 19.7. The summed E-state index contributed by atoms with van der Waals surface area (Å²) in [5, 5.41) is 11.2. The summed E-state index contributed by atoms with van der Waals surface area (Å²) in [7, 11) is 1.69. The van der Waals surface area contributed by atoms with Crippen LogP contribution in [0.3, 0.4) is 0 Å². The number of non-ortho nitro benzene ring substituents is 1. The lowest BCUT2D eigenvalue weighted by Crippen LogP contribution is -2.29. The Morgan fingerprint density at radius 3 is 2.64 bits per heavy atom. The maximum Gasteiger partial charge on any atom is 0.270 e. The third kappa shape index (κ3) is 3.45. The van der Waals surface area contributed by atoms with Gasteiger partial charge in [-0.05, 0) is 36.6 Å². The van der Waals surface area contributed by atoms with Gasteiger partial charge in [0, 0.05) is 38.8 Å². The molecular formula is C20H21N3O5. The molecule has 28 heavy (non-hydrogen) atoms. The lowest BCUT2D eigenvalue weighted by molar-refractivity contribution is -0.384. The highest BCUT2D eigenvalue weighted by molar-refractivity contribution is 6.00. The van der Waals surface area contributed by atoms with E-state index >= 15 is 0 Å². The van der Waals surface area contributed by atoms with Gasteiger partial charge in [-0.1, -0.05) is 6.07 Å². The minimum Gasteiger partial charge on any atom is -0.454 e. The van der Waals surface area contributed by atoms with Gasteiger partial charge < -0.3 is 19.3 Å². The van der Waals surface area contributed by atoms with Crippen molar-refractivity contribution in [1.82, 2.24) is 4.90 Å². The van der Waals surface area contributed by atoms with Crippen molar-refractivity contribution >= 4 is 17.3 Å². The van der Waals surface area contributed by atoms with Crippen LogP contribution in [0.2, 0.25) is 0 Å². The van der Waals surface area contributed by atoms with Gasteiger partial charge in [-0.2, -0.15) is 0 Å². The van der Waals surface area contributed by atoms with E-state index in [1.165, 1.54) is 12.1 Å². The number of fused-ring (bicyclic) bond motifs is 1. The number of carbonyl (C=O) groups is 1. The number of nitro groups is 1. The zero-order valence-electron chi connectivity index (χ0n) is 15.6. The fourth-order valence-electron chi connectivity index (χ4n) is 3.63. The normalized spacial score (nSPS) is 15.0. The van der Waals surface area contributed by atoms with Gasteiger partial charge in [-0.3, -0.25) is 14.9 Å². The summed E-state index contributed by atoms with van der Waals surface area (Å²) in [6, 6.07) is 10.1. The second-order valence-electron chi connectivity index (χ2n) is 7.00. The van der Waals surface area contributed by atoms with Crippen molar-refractivity contribution in [3.05, 3.63) is 57.6 Å². The minimum atomic E-state index is -0.470. The van der Waals surface area contributed by atoms with Crippen molar-refractivity contribution in [2.45, 2.75) is 19.4 Å². The molecule has 2 aliphatic rings. The molecule has 0 unspecified atom stereocenters. The van der Waals surface area contributed by atoms with E-state index in [1.807, 2.05) is 18.2 Å². The third-order valence-electron chi connectivity index (χ3n) is 5.07. The van der Waals surface area contributed by atoms with Crippen LogP contribution in [0.1, 0.15) is 28.8 Å². The molecule has 0 aliphatic carbocycles. The molecule has 146 valence electrons. The van der Waals surface area contributed by atoms with Crippen LogP contribution in [0.15, 0.2) is 36.4 Å². The summed E-state index contributed by atoms with van der Waals surface area (Å²) in [5.74, 6) is 1.10. The maximum atomic E-state index is 13.2. The highest BCUT2D eigenvalue weighted by atomic mass is 16.7. The fraction of sp³-hybridized carbons (Fsp3) is 0.350. The number of hydrogen-bond donors (Lipinski definition) is 0. The van der Waals surface area contributed by atoms with E-state index in [2.05, 4.69) is 4.90 Å². The number of rotatable bonds is 5. The number of amides is 1. The second-order valence-corrected chi connectivity index (χ2v) is 7.00. The predicted octanol–water partition coefficient (Wildman–Crippen LogP) is 3.20. The largest absolute Gasteiger partial charge is 0.454 e. The van der Waals surface area contributed by atoms with Crippen LogP contribution in [0.4, 0.5) is 11.4 Å². The molecule has 8 heteroatoms. The molecule has 0 bridgehead atoms. The SMILES string of the molecule is CN(Cc1ccc2c(c1)OCO2)C(=O)c1cc([N+](=O)[O-])ccc1N1CCCC1. The quantitative estimate of drug-likeness (QED) is 0.582. The summed E-state index contributed by atoms with van der Waals surface area (Å²) < 4.78 is 10.7. The maximum absolute atomic E-state index is 13.2. The lowest BCUT2D eigenvalue weighted by Gasteiger charge is -2.24. The first-order valence-electron chi connectivity index (χ1n) is 9.20. The average Bonchev–Trinajstić information content (AvgIpc) is 3.38. The highest BCUT2D eigenvalue weighted by Gasteiger charge is 2.25. The molecular weight excluding hydrogens is 362 g/mol. The van der Waals surface area contributed by atoms with E-state index in [0.29, 0.717) is 23.6 Å². The van der Waals surface area contributed by atoms with E-state index in [1.54, 1.807) is 18.0 Å². The van der Waals surface area contributed by atoms with Crippen LogP contribution >= 0.6 is 0 Å². The number of nitrogens with zero attached hydrogens (tertiary/aromatic N) is 3. The number of ether oxygens (including phenoxy) is 2. The number of anilines is 1. The summed E-state index contributed by atoms with van der Waals surface area (Å²) in [6.07, 6.45) is 2.11. The Morgan fingerprint density at radius 1 is 1.14 bits per heavy atom. The Bertz CT molecular complexity index is 924. The van der Waals surface area contributed by atoms with Crippen molar-refractivity contribution in [1.29, 1.82) is 0 Å². The standard InChI is InChI=1S/C20H21N3O5/c1-21(12-14-4-7-18-19(10-14)28-13-27-18)20(24)16-11-15(23(25)26)5-6-17(16)22-8-2-3-9-22/h4-7,10-11H,2-3,8-9,12-13H2,1H3. The lowest BCUT2D eigenvalue weighted by atomic mass is 10.1. The van der Waals surface area contributed by atoms with E-state index in [0.717, 1.165) is 37.2 Å². The molecule has 8 nitrogen and oxygen atoms in total. The Balaban J connectivity index is 1.60. The van der Waals surface area contributed by atoms with E-state index in [9.17, 15) is 14.9 Å². The Labute approximate surface area is 162 Å². The molecule has 0 atom stereocenters. The molecule has 1 amide bonds. The van der Waals surface area contributed by atoms with Gasteiger partial charge >= 0.3 is 0 Å². The molecule has 2 aromatic rings. The van der Waals surface area contributed by atoms with Gasteiger partial charge in [-0.25, -0.2) is 0 Å². The van der Waals surface area contributed by atoms with Crippen LogP contribution in [-0.4, -0.2) is 42.7 Å². The summed E-state index contributed by atoms with van der Waals surface area (Å²) in [6.45, 7) is 2.26. The number of nitro benzene ring substituents is 1. The molecule has 1 fully saturated rings. The molecule has 0 N–H and O–H groups in total. The molecule has 0 saturated carbocycles. The minimum absolute atomic E-state index is 0.0808. The number of benzene rings is 2. The first-order chi connectivity index (χ1) is 13.5. The molecule has 2 heterocycles. The van der Waals surface area contributed by atoms with Crippen molar-refractivity contribution < 1.29 is 19.2 Å². The van der Waals surface area contributed by atoms with E-state index in [-0.39, 0.29) is 18.4 Å². The summed E-state index contributed by atoms with van der Waals surface area (Å²) in [5.41, 5.74) is 1.93. The first kappa shape index (κ1) is 18.1. The Kier molecular flexibility index (Phi) is 4.77. The molecule has 0 aromatic heterocycles. The monoisotopic (exact) mass is 383 g/mol.